The summed E-state index contributed by atoms with van der Waals surface area (Å²) in [5.74, 6) is 1.36. The molecule has 0 radical (unpaired) electrons. The molecule has 8 atom stereocenters. The molecule has 2 N–H and O–H groups in total. The van der Waals surface area contributed by atoms with Crippen LogP contribution in [0, 0.1) is 34.5 Å². The fourth-order valence-electron chi connectivity index (χ4n) is 7.63. The Labute approximate surface area is 191 Å². The van der Waals surface area contributed by atoms with E-state index in [0.717, 1.165) is 37.1 Å². The molecule has 0 bridgehead atoms. The smallest absolute Gasteiger partial charge is 0.140 e. The quantitative estimate of drug-likeness (QED) is 0.368. The fourth-order valence-corrected chi connectivity index (χ4v) is 7.63. The van der Waals surface area contributed by atoms with Crippen molar-refractivity contribution in [2.24, 2.45) is 44.8 Å². The number of hydrogen-bond acceptors (Lipinski definition) is 7. The summed E-state index contributed by atoms with van der Waals surface area (Å²) in [7, 11) is 3.25. The van der Waals surface area contributed by atoms with Crippen LogP contribution in [-0.2, 0) is 14.4 Å². The van der Waals surface area contributed by atoms with Gasteiger partial charge in [-0.3, -0.25) is 0 Å². The number of nitrogens with zero attached hydrogens (tertiary/aromatic N) is 2. The molecule has 0 aromatic rings. The monoisotopic (exact) mass is 448 g/mol. The first-order valence-corrected chi connectivity index (χ1v) is 12.1. The van der Waals surface area contributed by atoms with E-state index in [1.165, 1.54) is 5.57 Å². The lowest BCUT2D eigenvalue weighted by atomic mass is 9.47. The van der Waals surface area contributed by atoms with Crippen molar-refractivity contribution >= 4 is 11.4 Å². The summed E-state index contributed by atoms with van der Waals surface area (Å²) in [5, 5.41) is 29.8. The number of methoxy groups -OCH3 is 1. The molecular formula is C25H40N2O5. The summed E-state index contributed by atoms with van der Waals surface area (Å²) in [5.41, 5.74) is 3.48. The number of allylic oxidation sites excluding steroid dienone is 2. The molecule has 2 unspecified atom stereocenters. The van der Waals surface area contributed by atoms with Crippen molar-refractivity contribution in [3.63, 3.8) is 0 Å². The Kier molecular flexibility index (Phi) is 6.72. The number of aliphatic hydroxyl groups is 2. The second-order valence-corrected chi connectivity index (χ2v) is 10.8. The summed E-state index contributed by atoms with van der Waals surface area (Å²) >= 11 is 0. The Hall–Kier alpha value is -1.44. The van der Waals surface area contributed by atoms with Gasteiger partial charge in [0.2, 0.25) is 0 Å². The van der Waals surface area contributed by atoms with Crippen molar-refractivity contribution in [2.45, 2.75) is 71.5 Å². The molecule has 7 heteroatoms. The highest BCUT2D eigenvalue weighted by molar-refractivity contribution is 5.99. The summed E-state index contributed by atoms with van der Waals surface area (Å²) in [6.45, 7) is 7.82. The van der Waals surface area contributed by atoms with Gasteiger partial charge in [0.05, 0.1) is 30.2 Å². The van der Waals surface area contributed by atoms with E-state index >= 15 is 0 Å². The van der Waals surface area contributed by atoms with Crippen LogP contribution in [0.4, 0.5) is 0 Å². The van der Waals surface area contributed by atoms with Crippen LogP contribution in [0.1, 0.15) is 59.3 Å². The van der Waals surface area contributed by atoms with Crippen LogP contribution >= 0.6 is 0 Å². The van der Waals surface area contributed by atoms with Gasteiger partial charge in [0.25, 0.3) is 0 Å². The average molecular weight is 449 g/mol. The normalized spacial score (nSPS) is 45.0. The van der Waals surface area contributed by atoms with Gasteiger partial charge in [-0.15, -0.1) is 0 Å². The van der Waals surface area contributed by atoms with Gasteiger partial charge in [0, 0.05) is 18.9 Å². The third-order valence-corrected chi connectivity index (χ3v) is 9.23. The second kappa shape index (κ2) is 9.07. The van der Waals surface area contributed by atoms with Crippen LogP contribution in [0.15, 0.2) is 22.0 Å². The zero-order valence-electron chi connectivity index (χ0n) is 20.2. The highest BCUT2D eigenvalue weighted by Crippen LogP contribution is 2.65. The van der Waals surface area contributed by atoms with E-state index in [9.17, 15) is 10.2 Å². The summed E-state index contributed by atoms with van der Waals surface area (Å²) in [6.07, 6.45) is 6.48. The molecule has 0 heterocycles. The third kappa shape index (κ3) is 3.80. The SMILES string of the molecule is COCCO/N=C(/C)[C@H]1CCC2C3=C/C(=N\OC)[C@@H]4C[C@@H](O)[C@@H](O)C[C@]4(C)C3CC[C@@]21C. The summed E-state index contributed by atoms with van der Waals surface area (Å²) in [6, 6.07) is 0. The Balaban J connectivity index is 1.65. The van der Waals surface area contributed by atoms with Crippen molar-refractivity contribution in [3.8, 4) is 0 Å². The van der Waals surface area contributed by atoms with Gasteiger partial charge in [-0.1, -0.05) is 29.7 Å². The molecule has 3 fully saturated rings. The molecule has 3 saturated carbocycles. The lowest BCUT2D eigenvalue weighted by Gasteiger charge is -2.58. The summed E-state index contributed by atoms with van der Waals surface area (Å²) < 4.78 is 5.05. The fraction of sp³-hybridized carbons (Fsp3) is 0.840. The van der Waals surface area contributed by atoms with E-state index in [4.69, 9.17) is 14.4 Å². The van der Waals surface area contributed by atoms with Crippen molar-refractivity contribution in [2.75, 3.05) is 27.4 Å². The molecule has 4 aliphatic rings. The van der Waals surface area contributed by atoms with E-state index in [-0.39, 0.29) is 16.7 Å². The van der Waals surface area contributed by atoms with E-state index in [2.05, 4.69) is 37.2 Å². The maximum Gasteiger partial charge on any atom is 0.140 e. The number of hydrogen-bond donors (Lipinski definition) is 2. The van der Waals surface area contributed by atoms with E-state index in [0.29, 0.717) is 43.8 Å². The lowest BCUT2D eigenvalue weighted by molar-refractivity contribution is -0.0882. The predicted molar refractivity (Wildman–Crippen MR) is 123 cm³/mol. The summed E-state index contributed by atoms with van der Waals surface area (Å²) in [4.78, 5) is 10.7. The maximum atomic E-state index is 10.6. The highest BCUT2D eigenvalue weighted by Gasteiger charge is 2.60. The first-order valence-electron chi connectivity index (χ1n) is 12.1. The van der Waals surface area contributed by atoms with Crippen LogP contribution in [0.25, 0.3) is 0 Å². The van der Waals surface area contributed by atoms with Crippen LogP contribution in [0.2, 0.25) is 0 Å². The molecule has 0 saturated heterocycles. The number of ether oxygens (including phenoxy) is 1. The zero-order valence-corrected chi connectivity index (χ0v) is 20.2. The minimum atomic E-state index is -0.702. The van der Waals surface area contributed by atoms with Crippen LogP contribution < -0.4 is 0 Å². The molecule has 7 nitrogen and oxygen atoms in total. The Morgan fingerprint density at radius 2 is 1.78 bits per heavy atom. The van der Waals surface area contributed by atoms with Gasteiger partial charge in [0.15, 0.2) is 0 Å². The van der Waals surface area contributed by atoms with Gasteiger partial charge in [0.1, 0.15) is 13.7 Å². The molecule has 4 aliphatic carbocycles. The first kappa shape index (κ1) is 23.7. The van der Waals surface area contributed by atoms with Crippen molar-refractivity contribution in [1.82, 2.24) is 0 Å². The van der Waals surface area contributed by atoms with E-state index in [1.54, 1.807) is 14.2 Å². The minimum absolute atomic E-state index is 0.105. The van der Waals surface area contributed by atoms with Crippen LogP contribution in [-0.4, -0.2) is 61.3 Å². The molecule has 0 aromatic carbocycles. The molecule has 0 aliphatic heterocycles. The lowest BCUT2D eigenvalue weighted by Crippen LogP contribution is -2.56. The molecule has 0 spiro atoms. The predicted octanol–water partition coefficient (Wildman–Crippen LogP) is 3.55. The zero-order chi connectivity index (χ0) is 23.1. The van der Waals surface area contributed by atoms with E-state index < -0.39 is 12.2 Å². The van der Waals surface area contributed by atoms with Gasteiger partial charge >= 0.3 is 0 Å². The van der Waals surface area contributed by atoms with Gasteiger partial charge in [-0.25, -0.2) is 0 Å². The molecule has 0 amide bonds. The number of fused-ring (bicyclic) bond motifs is 5. The minimum Gasteiger partial charge on any atom is -0.399 e. The van der Waals surface area contributed by atoms with Crippen LogP contribution in [0.3, 0.4) is 0 Å². The third-order valence-electron chi connectivity index (χ3n) is 9.23. The van der Waals surface area contributed by atoms with Crippen LogP contribution in [0.5, 0.6) is 0 Å². The molecule has 32 heavy (non-hydrogen) atoms. The Bertz CT molecular complexity index is 795. The van der Waals surface area contributed by atoms with E-state index in [1.807, 2.05) is 0 Å². The molecular weight excluding hydrogens is 408 g/mol. The average Bonchev–Trinajstić information content (AvgIpc) is 3.10. The number of rotatable bonds is 6. The standard InChI is InChI=1S/C25H40N2O5/c1-15(26-32-11-10-30-4)17-6-7-18-16-12-21(27-31-5)20-13-22(28)23(29)14-25(20,3)19(16)8-9-24(17,18)2/h12,17-20,22-23,28-29H,6-11,13-14H2,1-5H3/b26-15-,27-21+/t17-,18?,19?,20+,22-,23+,24-,25-/m1/s1. The molecule has 180 valence electrons. The van der Waals surface area contributed by atoms with Crippen molar-refractivity contribution in [3.05, 3.63) is 11.6 Å². The largest absolute Gasteiger partial charge is 0.399 e. The Morgan fingerprint density at radius 3 is 2.50 bits per heavy atom. The maximum absolute atomic E-state index is 10.6. The molecule has 0 aromatic heterocycles. The molecule has 4 rings (SSSR count). The van der Waals surface area contributed by atoms with Gasteiger partial charge < -0.3 is 24.6 Å². The second-order valence-electron chi connectivity index (χ2n) is 10.8. The Morgan fingerprint density at radius 1 is 1.03 bits per heavy atom. The van der Waals surface area contributed by atoms with Crippen molar-refractivity contribution < 1.29 is 24.6 Å². The highest BCUT2D eigenvalue weighted by atomic mass is 16.6. The van der Waals surface area contributed by atoms with Crippen molar-refractivity contribution in [1.29, 1.82) is 0 Å². The van der Waals surface area contributed by atoms with Gasteiger partial charge in [-0.05, 0) is 74.2 Å². The van der Waals surface area contributed by atoms with Gasteiger partial charge in [-0.2, -0.15) is 0 Å². The number of oxime groups is 2. The number of aliphatic hydroxyl groups excluding tert-OH is 2. The first-order chi connectivity index (χ1) is 15.3. The topological polar surface area (TPSA) is 92.9 Å².